The van der Waals surface area contributed by atoms with Gasteiger partial charge in [0.15, 0.2) is 11.5 Å². The van der Waals surface area contributed by atoms with E-state index in [1.165, 1.54) is 11.8 Å². The summed E-state index contributed by atoms with van der Waals surface area (Å²) in [5, 5.41) is 2.01. The summed E-state index contributed by atoms with van der Waals surface area (Å²) in [4.78, 5) is 32.3. The van der Waals surface area contributed by atoms with E-state index < -0.39 is 0 Å². The van der Waals surface area contributed by atoms with Gasteiger partial charge < -0.3 is 19.3 Å². The Balaban J connectivity index is 1.46. The quantitative estimate of drug-likeness (QED) is 0.329. The highest BCUT2D eigenvalue weighted by molar-refractivity contribution is 8.00. The van der Waals surface area contributed by atoms with Crippen LogP contribution in [-0.4, -0.2) is 47.2 Å². The minimum absolute atomic E-state index is 0.0277. The molecule has 0 spiro atoms. The molecule has 0 atom stereocenters. The lowest BCUT2D eigenvalue weighted by atomic mass is 10.1. The highest BCUT2D eigenvalue weighted by Crippen LogP contribution is 2.33. The van der Waals surface area contributed by atoms with Crippen LogP contribution in [0.5, 0.6) is 11.5 Å². The van der Waals surface area contributed by atoms with E-state index in [1.54, 1.807) is 16.2 Å². The number of nitrogens with zero attached hydrogens (tertiary/aromatic N) is 2. The van der Waals surface area contributed by atoms with Crippen molar-refractivity contribution in [3.05, 3.63) is 76.5 Å². The van der Waals surface area contributed by atoms with Crippen LogP contribution >= 0.6 is 23.1 Å². The van der Waals surface area contributed by atoms with E-state index >= 15 is 0 Å². The molecule has 0 unspecified atom stereocenters. The molecule has 35 heavy (non-hydrogen) atoms. The lowest BCUT2D eigenvalue weighted by molar-refractivity contribution is -0.140. The number of carbonyl (C=O) groups excluding carboxylic acids is 2. The molecule has 2 heterocycles. The highest BCUT2D eigenvalue weighted by atomic mass is 32.2. The third-order valence-electron chi connectivity index (χ3n) is 5.46. The van der Waals surface area contributed by atoms with Crippen LogP contribution in [0.1, 0.15) is 24.3 Å². The van der Waals surface area contributed by atoms with Crippen LogP contribution < -0.4 is 9.47 Å². The number of hydrogen-bond donors (Lipinski definition) is 0. The SMILES string of the molecule is CC(C)CN(CC(=O)N(Cc1ccc2c(c1)OCO2)Cc1cccs1)C(=O)CSc1ccccc1. The Morgan fingerprint density at radius 2 is 1.74 bits per heavy atom. The Bertz CT molecular complexity index is 1120. The summed E-state index contributed by atoms with van der Waals surface area (Å²) in [5.74, 6) is 1.87. The summed E-state index contributed by atoms with van der Waals surface area (Å²) >= 11 is 3.12. The maximum atomic E-state index is 13.6. The van der Waals surface area contributed by atoms with Crippen molar-refractivity contribution in [1.82, 2.24) is 9.80 Å². The van der Waals surface area contributed by atoms with Gasteiger partial charge in [-0.1, -0.05) is 44.2 Å². The fourth-order valence-corrected chi connectivity index (χ4v) is 5.34. The summed E-state index contributed by atoms with van der Waals surface area (Å²) in [6.45, 7) is 5.85. The van der Waals surface area contributed by atoms with E-state index in [9.17, 15) is 9.59 Å². The number of thiophene rings is 1. The van der Waals surface area contributed by atoms with Gasteiger partial charge in [-0.15, -0.1) is 23.1 Å². The summed E-state index contributed by atoms with van der Waals surface area (Å²) in [6.07, 6.45) is 0. The first-order chi connectivity index (χ1) is 17.0. The van der Waals surface area contributed by atoms with Crippen LogP contribution in [0.2, 0.25) is 0 Å². The van der Waals surface area contributed by atoms with E-state index in [2.05, 4.69) is 13.8 Å². The van der Waals surface area contributed by atoms with Gasteiger partial charge in [0.25, 0.3) is 0 Å². The topological polar surface area (TPSA) is 59.1 Å². The van der Waals surface area contributed by atoms with Crippen LogP contribution in [0.25, 0.3) is 0 Å². The largest absolute Gasteiger partial charge is 0.454 e. The molecular formula is C27H30N2O4S2. The zero-order chi connectivity index (χ0) is 24.6. The number of hydrogen-bond acceptors (Lipinski definition) is 6. The lowest BCUT2D eigenvalue weighted by Crippen LogP contribution is -2.44. The molecule has 1 aromatic heterocycles. The minimum atomic E-state index is -0.0743. The number of fused-ring (bicyclic) bond motifs is 1. The molecule has 0 bridgehead atoms. The molecule has 0 saturated heterocycles. The predicted octanol–water partition coefficient (Wildman–Crippen LogP) is 5.28. The van der Waals surface area contributed by atoms with Gasteiger partial charge >= 0.3 is 0 Å². The monoisotopic (exact) mass is 510 g/mol. The molecule has 4 rings (SSSR count). The molecule has 0 saturated carbocycles. The lowest BCUT2D eigenvalue weighted by Gasteiger charge is -2.28. The second-order valence-electron chi connectivity index (χ2n) is 8.79. The van der Waals surface area contributed by atoms with Gasteiger partial charge in [-0.25, -0.2) is 0 Å². The minimum Gasteiger partial charge on any atom is -0.454 e. The van der Waals surface area contributed by atoms with Gasteiger partial charge in [0.1, 0.15) is 0 Å². The van der Waals surface area contributed by atoms with Gasteiger partial charge in [-0.2, -0.15) is 0 Å². The van der Waals surface area contributed by atoms with Gasteiger partial charge in [-0.05, 0) is 47.2 Å². The van der Waals surface area contributed by atoms with Crippen LogP contribution in [0.3, 0.4) is 0 Å². The molecule has 6 nitrogen and oxygen atoms in total. The summed E-state index contributed by atoms with van der Waals surface area (Å²) < 4.78 is 10.9. The first-order valence-electron chi connectivity index (χ1n) is 11.6. The number of amides is 2. The number of benzene rings is 2. The van der Waals surface area contributed by atoms with E-state index in [0.29, 0.717) is 31.1 Å². The average molecular weight is 511 g/mol. The van der Waals surface area contributed by atoms with Gasteiger partial charge in [0, 0.05) is 22.9 Å². The summed E-state index contributed by atoms with van der Waals surface area (Å²) in [7, 11) is 0. The third kappa shape index (κ3) is 7.26. The molecular weight excluding hydrogens is 480 g/mol. The van der Waals surface area contributed by atoms with Crippen molar-refractivity contribution in [1.29, 1.82) is 0 Å². The summed E-state index contributed by atoms with van der Waals surface area (Å²) in [5.41, 5.74) is 0.959. The van der Waals surface area contributed by atoms with Crippen LogP contribution in [-0.2, 0) is 22.7 Å². The molecule has 0 fully saturated rings. The standard InChI is InChI=1S/C27H30N2O4S2/c1-20(2)14-28(27(31)18-35-22-7-4-3-5-8-22)17-26(30)29(16-23-9-6-12-34-23)15-21-10-11-24-25(13-21)33-19-32-24/h3-13,20H,14-19H2,1-2H3. The molecule has 8 heteroatoms. The third-order valence-corrected chi connectivity index (χ3v) is 7.32. The highest BCUT2D eigenvalue weighted by Gasteiger charge is 2.24. The number of carbonyl (C=O) groups is 2. The first-order valence-corrected chi connectivity index (χ1v) is 13.5. The van der Waals surface area contributed by atoms with Crippen molar-refractivity contribution in [3.8, 4) is 11.5 Å². The second kappa shape index (κ2) is 12.1. The second-order valence-corrected chi connectivity index (χ2v) is 10.9. The molecule has 0 radical (unpaired) electrons. The van der Waals surface area contributed by atoms with Crippen molar-refractivity contribution < 1.29 is 19.1 Å². The van der Waals surface area contributed by atoms with Crippen LogP contribution in [0, 0.1) is 5.92 Å². The predicted molar refractivity (Wildman–Crippen MR) is 140 cm³/mol. The van der Waals surface area contributed by atoms with Gasteiger partial charge in [-0.3, -0.25) is 9.59 Å². The van der Waals surface area contributed by atoms with E-state index in [4.69, 9.17) is 9.47 Å². The van der Waals surface area contributed by atoms with Crippen LogP contribution in [0.15, 0.2) is 70.9 Å². The Kier molecular flexibility index (Phi) is 8.71. The van der Waals surface area contributed by atoms with Crippen molar-refractivity contribution in [2.45, 2.75) is 31.8 Å². The van der Waals surface area contributed by atoms with Crippen molar-refractivity contribution in [3.63, 3.8) is 0 Å². The molecule has 1 aliphatic heterocycles. The number of thioether (sulfide) groups is 1. The van der Waals surface area contributed by atoms with E-state index in [1.807, 2.05) is 70.9 Å². The van der Waals surface area contributed by atoms with Crippen molar-refractivity contribution in [2.24, 2.45) is 5.92 Å². The summed E-state index contributed by atoms with van der Waals surface area (Å²) in [6, 6.07) is 19.6. The van der Waals surface area contributed by atoms with E-state index in [0.717, 1.165) is 21.1 Å². The smallest absolute Gasteiger partial charge is 0.242 e. The van der Waals surface area contributed by atoms with Crippen molar-refractivity contribution in [2.75, 3.05) is 25.6 Å². The van der Waals surface area contributed by atoms with Gasteiger partial charge in [0.05, 0.1) is 18.8 Å². The maximum Gasteiger partial charge on any atom is 0.242 e. The Morgan fingerprint density at radius 3 is 2.49 bits per heavy atom. The molecule has 184 valence electrons. The normalized spacial score (nSPS) is 12.1. The van der Waals surface area contributed by atoms with Gasteiger partial charge in [0.2, 0.25) is 18.6 Å². The number of rotatable bonds is 11. The fourth-order valence-electron chi connectivity index (χ4n) is 3.79. The molecule has 1 aliphatic rings. The molecule has 0 aliphatic carbocycles. The first kappa shape index (κ1) is 25.1. The molecule has 2 amide bonds. The Hall–Kier alpha value is -2.97. The number of ether oxygens (including phenoxy) is 2. The zero-order valence-corrected chi connectivity index (χ0v) is 21.6. The molecule has 2 aromatic carbocycles. The Morgan fingerprint density at radius 1 is 0.943 bits per heavy atom. The average Bonchev–Trinajstić information content (AvgIpc) is 3.53. The van der Waals surface area contributed by atoms with E-state index in [-0.39, 0.29) is 31.1 Å². The zero-order valence-electron chi connectivity index (χ0n) is 20.0. The van der Waals surface area contributed by atoms with Crippen molar-refractivity contribution >= 4 is 34.9 Å². The fraction of sp³-hybridized carbons (Fsp3) is 0.333. The molecule has 0 N–H and O–H groups in total. The Labute approximate surface area is 214 Å². The molecule has 3 aromatic rings. The maximum absolute atomic E-state index is 13.6. The van der Waals surface area contributed by atoms with Crippen LogP contribution in [0.4, 0.5) is 0 Å².